The van der Waals surface area contributed by atoms with Gasteiger partial charge in [0.25, 0.3) is 10.2 Å². The Balaban J connectivity index is 4.37. The van der Waals surface area contributed by atoms with Crippen molar-refractivity contribution in [2.45, 2.75) is 13.8 Å². The fourth-order valence-electron chi connectivity index (χ4n) is 1.05. The highest BCUT2D eigenvalue weighted by atomic mass is 32.2. The Morgan fingerprint density at radius 2 is 2.00 bits per heavy atom. The van der Waals surface area contributed by atoms with E-state index in [0.29, 0.717) is 32.8 Å². The number of nitrogens with two attached hydrogens (primary N) is 1. The van der Waals surface area contributed by atoms with Crippen molar-refractivity contribution in [3.63, 3.8) is 0 Å². The van der Waals surface area contributed by atoms with Gasteiger partial charge in [-0.3, -0.25) is 0 Å². The van der Waals surface area contributed by atoms with Gasteiger partial charge in [0, 0.05) is 33.3 Å². The summed E-state index contributed by atoms with van der Waals surface area (Å²) in [6.07, 6.45) is 0. The third kappa shape index (κ3) is 6.39. The molecular weight excluding hydrogens is 230 g/mol. The minimum Gasteiger partial charge on any atom is -0.383 e. The molecule has 0 amide bonds. The molecule has 0 aliphatic carbocycles. The van der Waals surface area contributed by atoms with Crippen LogP contribution in [0.3, 0.4) is 0 Å². The average Bonchev–Trinajstić information content (AvgIpc) is 2.21. The third-order valence-corrected chi connectivity index (χ3v) is 3.51. The van der Waals surface area contributed by atoms with Crippen LogP contribution in [0, 0.1) is 5.92 Å². The summed E-state index contributed by atoms with van der Waals surface area (Å²) in [5.41, 5.74) is 5.38. The number of rotatable bonds is 9. The normalized spacial score (nSPS) is 12.6. The summed E-state index contributed by atoms with van der Waals surface area (Å²) < 4.78 is 32.4. The van der Waals surface area contributed by atoms with E-state index in [2.05, 4.69) is 4.72 Å². The Labute approximate surface area is 98.3 Å². The highest BCUT2D eigenvalue weighted by Crippen LogP contribution is 1.99. The molecule has 0 saturated heterocycles. The van der Waals surface area contributed by atoms with Crippen LogP contribution >= 0.6 is 0 Å². The number of hydrogen-bond donors (Lipinski definition) is 2. The number of nitrogens with one attached hydrogen (secondary N) is 1. The first-order valence-corrected chi connectivity index (χ1v) is 6.81. The summed E-state index contributed by atoms with van der Waals surface area (Å²) in [6.45, 7) is 5.61. The topological polar surface area (TPSA) is 84.7 Å². The Morgan fingerprint density at radius 1 is 1.38 bits per heavy atom. The molecule has 0 aliphatic rings. The number of ether oxygens (including phenoxy) is 1. The minimum atomic E-state index is -3.43. The Hall–Kier alpha value is -0.210. The molecule has 0 radical (unpaired) electrons. The number of hydrogen-bond acceptors (Lipinski definition) is 4. The van der Waals surface area contributed by atoms with Crippen LogP contribution < -0.4 is 10.5 Å². The molecule has 0 aromatic carbocycles. The fourth-order valence-corrected chi connectivity index (χ4v) is 2.44. The van der Waals surface area contributed by atoms with Crippen molar-refractivity contribution in [2.24, 2.45) is 11.7 Å². The van der Waals surface area contributed by atoms with E-state index in [1.165, 1.54) is 11.4 Å². The van der Waals surface area contributed by atoms with E-state index in [-0.39, 0.29) is 5.92 Å². The van der Waals surface area contributed by atoms with Gasteiger partial charge in [0.2, 0.25) is 0 Å². The largest absolute Gasteiger partial charge is 0.383 e. The van der Waals surface area contributed by atoms with Gasteiger partial charge in [-0.1, -0.05) is 13.8 Å². The Morgan fingerprint density at radius 3 is 2.44 bits per heavy atom. The van der Waals surface area contributed by atoms with E-state index < -0.39 is 10.2 Å². The Bertz CT molecular complexity index is 267. The lowest BCUT2D eigenvalue weighted by Gasteiger charge is -2.22. The fraction of sp³-hybridized carbons (Fsp3) is 1.00. The van der Waals surface area contributed by atoms with Crippen molar-refractivity contribution in [3.05, 3.63) is 0 Å². The quantitative estimate of drug-likeness (QED) is 0.574. The van der Waals surface area contributed by atoms with Crippen LogP contribution in [0.1, 0.15) is 13.8 Å². The van der Waals surface area contributed by atoms with Gasteiger partial charge >= 0.3 is 0 Å². The van der Waals surface area contributed by atoms with Crippen LogP contribution in [0.25, 0.3) is 0 Å². The van der Waals surface area contributed by atoms with E-state index in [1.54, 1.807) is 0 Å². The summed E-state index contributed by atoms with van der Waals surface area (Å²) in [5.74, 6) is 0.275. The van der Waals surface area contributed by atoms with Gasteiger partial charge in [0.05, 0.1) is 6.61 Å². The maximum absolute atomic E-state index is 11.8. The molecule has 0 heterocycles. The van der Waals surface area contributed by atoms with E-state index in [4.69, 9.17) is 10.5 Å². The molecule has 0 unspecified atom stereocenters. The molecule has 7 heteroatoms. The van der Waals surface area contributed by atoms with Gasteiger partial charge in [-0.25, -0.2) is 4.72 Å². The SMILES string of the molecule is COCCN(CCN)S(=O)(=O)NCC(C)C. The van der Waals surface area contributed by atoms with Crippen LogP contribution in [-0.2, 0) is 14.9 Å². The standard InChI is InChI=1S/C9H23N3O3S/c1-9(2)8-11-16(13,14)12(5-4-10)6-7-15-3/h9,11H,4-8,10H2,1-3H3. The molecule has 0 fully saturated rings. The molecule has 0 atom stereocenters. The van der Waals surface area contributed by atoms with Crippen LogP contribution in [0.4, 0.5) is 0 Å². The first-order valence-electron chi connectivity index (χ1n) is 5.37. The van der Waals surface area contributed by atoms with Crippen LogP contribution in [0.2, 0.25) is 0 Å². The summed E-state index contributed by atoms with van der Waals surface area (Å²) in [5, 5.41) is 0. The van der Waals surface area contributed by atoms with Crippen molar-refractivity contribution in [1.29, 1.82) is 0 Å². The monoisotopic (exact) mass is 253 g/mol. The molecule has 0 rings (SSSR count). The summed E-state index contributed by atoms with van der Waals surface area (Å²) in [7, 11) is -1.89. The molecule has 0 spiro atoms. The summed E-state index contributed by atoms with van der Waals surface area (Å²) >= 11 is 0. The lowest BCUT2D eigenvalue weighted by atomic mass is 10.2. The van der Waals surface area contributed by atoms with E-state index in [9.17, 15) is 8.42 Å². The number of nitrogens with zero attached hydrogens (tertiary/aromatic N) is 1. The highest BCUT2D eigenvalue weighted by Gasteiger charge is 2.20. The van der Waals surface area contributed by atoms with Gasteiger partial charge < -0.3 is 10.5 Å². The predicted molar refractivity (Wildman–Crippen MR) is 64.3 cm³/mol. The zero-order valence-corrected chi connectivity index (χ0v) is 11.1. The molecule has 16 heavy (non-hydrogen) atoms. The molecule has 0 saturated carbocycles. The van der Waals surface area contributed by atoms with Crippen molar-refractivity contribution in [3.8, 4) is 0 Å². The van der Waals surface area contributed by atoms with E-state index >= 15 is 0 Å². The molecule has 0 aromatic heterocycles. The van der Waals surface area contributed by atoms with Gasteiger partial charge in [-0.05, 0) is 5.92 Å². The predicted octanol–water partition coefficient (Wildman–Crippen LogP) is -0.616. The van der Waals surface area contributed by atoms with Gasteiger partial charge in [-0.2, -0.15) is 12.7 Å². The maximum atomic E-state index is 11.8. The van der Waals surface area contributed by atoms with Crippen molar-refractivity contribution in [1.82, 2.24) is 9.03 Å². The zero-order chi connectivity index (χ0) is 12.6. The first-order chi connectivity index (χ1) is 7.44. The number of methoxy groups -OCH3 is 1. The van der Waals surface area contributed by atoms with Crippen LogP contribution in [0.15, 0.2) is 0 Å². The zero-order valence-electron chi connectivity index (χ0n) is 10.3. The van der Waals surface area contributed by atoms with Crippen LogP contribution in [-0.4, -0.2) is 52.6 Å². The molecule has 6 nitrogen and oxygen atoms in total. The van der Waals surface area contributed by atoms with E-state index in [0.717, 1.165) is 0 Å². The molecule has 0 bridgehead atoms. The lowest BCUT2D eigenvalue weighted by molar-refractivity contribution is 0.179. The smallest absolute Gasteiger partial charge is 0.279 e. The second-order valence-electron chi connectivity index (χ2n) is 3.93. The van der Waals surface area contributed by atoms with Crippen molar-refractivity contribution < 1.29 is 13.2 Å². The molecule has 0 aliphatic heterocycles. The van der Waals surface area contributed by atoms with Crippen molar-refractivity contribution in [2.75, 3.05) is 39.9 Å². The third-order valence-electron chi connectivity index (χ3n) is 1.94. The molecule has 98 valence electrons. The molecular formula is C9H23N3O3S. The van der Waals surface area contributed by atoms with Gasteiger partial charge in [0.15, 0.2) is 0 Å². The Kier molecular flexibility index (Phi) is 7.86. The average molecular weight is 253 g/mol. The van der Waals surface area contributed by atoms with Crippen LogP contribution in [0.5, 0.6) is 0 Å². The summed E-state index contributed by atoms with van der Waals surface area (Å²) in [6, 6.07) is 0. The summed E-state index contributed by atoms with van der Waals surface area (Å²) in [4.78, 5) is 0. The molecule has 0 aromatic rings. The highest BCUT2D eigenvalue weighted by molar-refractivity contribution is 7.87. The van der Waals surface area contributed by atoms with Gasteiger partial charge in [-0.15, -0.1) is 0 Å². The van der Waals surface area contributed by atoms with Crippen molar-refractivity contribution >= 4 is 10.2 Å². The molecule has 3 N–H and O–H groups in total. The van der Waals surface area contributed by atoms with E-state index in [1.807, 2.05) is 13.8 Å². The minimum absolute atomic E-state index is 0.275. The second-order valence-corrected chi connectivity index (χ2v) is 5.68. The lowest BCUT2D eigenvalue weighted by Crippen LogP contribution is -2.45. The first kappa shape index (κ1) is 15.8. The van der Waals surface area contributed by atoms with Gasteiger partial charge in [0.1, 0.15) is 0 Å². The second kappa shape index (κ2) is 7.97. The maximum Gasteiger partial charge on any atom is 0.279 e.